The SMILES string of the molecule is O=C(O)C(=O)O.Oc1ccccc1CN1CCCC1. The maximum absolute atomic E-state index is 9.54. The fourth-order valence-corrected chi connectivity index (χ4v) is 1.83. The van der Waals surface area contributed by atoms with Crippen LogP contribution in [0.3, 0.4) is 0 Å². The van der Waals surface area contributed by atoms with Crippen molar-refractivity contribution in [3.05, 3.63) is 29.8 Å². The number of nitrogens with zero attached hydrogens (tertiary/aromatic N) is 1. The summed E-state index contributed by atoms with van der Waals surface area (Å²) < 4.78 is 0. The minimum Gasteiger partial charge on any atom is -0.508 e. The van der Waals surface area contributed by atoms with Gasteiger partial charge < -0.3 is 15.3 Å². The molecule has 0 unspecified atom stereocenters. The molecular weight excluding hydrogens is 250 g/mol. The number of hydrogen-bond donors (Lipinski definition) is 3. The van der Waals surface area contributed by atoms with Crippen molar-refractivity contribution in [3.63, 3.8) is 0 Å². The molecule has 1 saturated heterocycles. The maximum atomic E-state index is 9.54. The van der Waals surface area contributed by atoms with Crippen molar-refractivity contribution in [1.82, 2.24) is 4.90 Å². The number of phenolic OH excluding ortho intramolecular Hbond substituents is 1. The lowest BCUT2D eigenvalue weighted by atomic mass is 10.2. The molecule has 0 atom stereocenters. The number of carboxylic acids is 2. The Morgan fingerprint density at radius 2 is 1.58 bits per heavy atom. The monoisotopic (exact) mass is 267 g/mol. The first-order valence-electron chi connectivity index (χ1n) is 5.96. The highest BCUT2D eigenvalue weighted by Gasteiger charge is 2.12. The second kappa shape index (κ2) is 7.38. The van der Waals surface area contributed by atoms with Crippen molar-refractivity contribution >= 4 is 11.9 Å². The molecule has 1 aromatic carbocycles. The van der Waals surface area contributed by atoms with E-state index in [2.05, 4.69) is 4.90 Å². The van der Waals surface area contributed by atoms with Gasteiger partial charge >= 0.3 is 11.9 Å². The molecule has 1 aliphatic heterocycles. The molecule has 104 valence electrons. The van der Waals surface area contributed by atoms with Gasteiger partial charge in [0.2, 0.25) is 0 Å². The molecule has 2 rings (SSSR count). The predicted octanol–water partition coefficient (Wildman–Crippen LogP) is 1.14. The van der Waals surface area contributed by atoms with E-state index >= 15 is 0 Å². The average molecular weight is 267 g/mol. The fourth-order valence-electron chi connectivity index (χ4n) is 1.83. The largest absolute Gasteiger partial charge is 0.508 e. The molecule has 0 amide bonds. The van der Waals surface area contributed by atoms with E-state index in [-0.39, 0.29) is 0 Å². The van der Waals surface area contributed by atoms with Crippen LogP contribution in [-0.4, -0.2) is 45.2 Å². The number of aliphatic carboxylic acids is 2. The average Bonchev–Trinajstić information content (AvgIpc) is 2.86. The topological polar surface area (TPSA) is 98.1 Å². The van der Waals surface area contributed by atoms with Crippen LogP contribution in [0.5, 0.6) is 5.75 Å². The standard InChI is InChI=1S/C11H15NO.C2H2O4/c13-11-6-2-1-5-10(11)9-12-7-3-4-8-12;3-1(4)2(5)6/h1-2,5-6,13H,3-4,7-9H2;(H,3,4)(H,5,6). The van der Waals surface area contributed by atoms with Crippen molar-refractivity contribution in [2.45, 2.75) is 19.4 Å². The van der Waals surface area contributed by atoms with Crippen LogP contribution in [-0.2, 0) is 16.1 Å². The Balaban J connectivity index is 0.000000258. The van der Waals surface area contributed by atoms with Gasteiger partial charge in [0.15, 0.2) is 0 Å². The molecule has 0 aromatic heterocycles. The van der Waals surface area contributed by atoms with Crippen molar-refractivity contribution in [2.24, 2.45) is 0 Å². The van der Waals surface area contributed by atoms with Gasteiger partial charge in [0, 0.05) is 12.1 Å². The summed E-state index contributed by atoms with van der Waals surface area (Å²) in [6, 6.07) is 7.59. The molecule has 1 aliphatic rings. The van der Waals surface area contributed by atoms with Crippen molar-refractivity contribution in [2.75, 3.05) is 13.1 Å². The zero-order valence-corrected chi connectivity index (χ0v) is 10.5. The van der Waals surface area contributed by atoms with E-state index in [0.29, 0.717) is 5.75 Å². The molecule has 6 nitrogen and oxygen atoms in total. The van der Waals surface area contributed by atoms with Gasteiger partial charge in [-0.1, -0.05) is 18.2 Å². The Morgan fingerprint density at radius 3 is 2.05 bits per heavy atom. The highest BCUT2D eigenvalue weighted by atomic mass is 16.4. The van der Waals surface area contributed by atoms with Crippen LogP contribution in [0.25, 0.3) is 0 Å². The molecule has 0 saturated carbocycles. The molecule has 3 N–H and O–H groups in total. The number of para-hydroxylation sites is 1. The van der Waals surface area contributed by atoms with Gasteiger partial charge in [-0.3, -0.25) is 4.90 Å². The minimum atomic E-state index is -1.82. The Labute approximate surface area is 110 Å². The molecular formula is C13H17NO5. The Bertz CT molecular complexity index is 428. The number of likely N-dealkylation sites (tertiary alicyclic amines) is 1. The predicted molar refractivity (Wildman–Crippen MR) is 67.9 cm³/mol. The normalized spacial score (nSPS) is 14.5. The molecule has 0 aliphatic carbocycles. The Morgan fingerprint density at radius 1 is 1.05 bits per heavy atom. The summed E-state index contributed by atoms with van der Waals surface area (Å²) in [7, 11) is 0. The van der Waals surface area contributed by atoms with Crippen LogP contribution in [0.1, 0.15) is 18.4 Å². The summed E-state index contributed by atoms with van der Waals surface area (Å²) in [5, 5.41) is 24.3. The molecule has 0 spiro atoms. The number of rotatable bonds is 2. The van der Waals surface area contributed by atoms with Gasteiger partial charge in [-0.15, -0.1) is 0 Å². The molecule has 19 heavy (non-hydrogen) atoms. The number of phenols is 1. The van der Waals surface area contributed by atoms with E-state index in [1.54, 1.807) is 6.07 Å². The van der Waals surface area contributed by atoms with Crippen molar-refractivity contribution in [1.29, 1.82) is 0 Å². The Hall–Kier alpha value is -2.08. The zero-order chi connectivity index (χ0) is 14.3. The summed E-state index contributed by atoms with van der Waals surface area (Å²) in [5.74, 6) is -3.22. The molecule has 1 aromatic rings. The summed E-state index contributed by atoms with van der Waals surface area (Å²) in [6.07, 6.45) is 2.60. The molecule has 1 fully saturated rings. The first-order chi connectivity index (χ1) is 9.00. The van der Waals surface area contributed by atoms with Crippen molar-refractivity contribution < 1.29 is 24.9 Å². The fraction of sp³-hybridized carbons (Fsp3) is 0.385. The molecule has 0 bridgehead atoms. The van der Waals surface area contributed by atoms with E-state index in [1.807, 2.05) is 18.2 Å². The number of carboxylic acid groups (broad SMARTS) is 2. The lowest BCUT2D eigenvalue weighted by molar-refractivity contribution is -0.159. The van der Waals surface area contributed by atoms with Gasteiger partial charge in [0.1, 0.15) is 5.75 Å². The van der Waals surface area contributed by atoms with Crippen LogP contribution in [0.4, 0.5) is 0 Å². The van der Waals surface area contributed by atoms with E-state index in [1.165, 1.54) is 25.9 Å². The van der Waals surface area contributed by atoms with Crippen LogP contribution >= 0.6 is 0 Å². The quantitative estimate of drug-likeness (QED) is 0.695. The number of hydrogen-bond acceptors (Lipinski definition) is 4. The van der Waals surface area contributed by atoms with Gasteiger partial charge in [-0.05, 0) is 32.0 Å². The number of benzene rings is 1. The number of carbonyl (C=O) groups is 2. The van der Waals surface area contributed by atoms with Crippen LogP contribution in [0.15, 0.2) is 24.3 Å². The molecule has 6 heteroatoms. The third-order valence-corrected chi connectivity index (χ3v) is 2.77. The molecule has 0 radical (unpaired) electrons. The van der Waals surface area contributed by atoms with Crippen molar-refractivity contribution in [3.8, 4) is 5.75 Å². The van der Waals surface area contributed by atoms with Crippen LogP contribution < -0.4 is 0 Å². The summed E-state index contributed by atoms with van der Waals surface area (Å²) >= 11 is 0. The first-order valence-corrected chi connectivity index (χ1v) is 5.96. The van der Waals surface area contributed by atoms with E-state index in [4.69, 9.17) is 19.8 Å². The number of aromatic hydroxyl groups is 1. The first kappa shape index (κ1) is 15.0. The zero-order valence-electron chi connectivity index (χ0n) is 10.5. The summed E-state index contributed by atoms with van der Waals surface area (Å²) in [5.41, 5.74) is 1.05. The Kier molecular flexibility index (Phi) is 5.81. The van der Waals surface area contributed by atoms with Crippen LogP contribution in [0.2, 0.25) is 0 Å². The third-order valence-electron chi connectivity index (χ3n) is 2.77. The van der Waals surface area contributed by atoms with Crippen LogP contribution in [0, 0.1) is 0 Å². The smallest absolute Gasteiger partial charge is 0.414 e. The maximum Gasteiger partial charge on any atom is 0.414 e. The van der Waals surface area contributed by atoms with E-state index < -0.39 is 11.9 Å². The van der Waals surface area contributed by atoms with E-state index in [0.717, 1.165) is 12.1 Å². The lowest BCUT2D eigenvalue weighted by Gasteiger charge is -2.14. The second-order valence-electron chi connectivity index (χ2n) is 4.22. The third kappa shape index (κ3) is 5.39. The summed E-state index contributed by atoms with van der Waals surface area (Å²) in [4.78, 5) is 20.6. The summed E-state index contributed by atoms with van der Waals surface area (Å²) in [6.45, 7) is 3.25. The van der Waals surface area contributed by atoms with Gasteiger partial charge in [-0.25, -0.2) is 9.59 Å². The molecule has 1 heterocycles. The highest BCUT2D eigenvalue weighted by molar-refractivity contribution is 6.27. The lowest BCUT2D eigenvalue weighted by Crippen LogP contribution is -2.18. The minimum absolute atomic E-state index is 0.425. The highest BCUT2D eigenvalue weighted by Crippen LogP contribution is 2.19. The van der Waals surface area contributed by atoms with Gasteiger partial charge in [-0.2, -0.15) is 0 Å². The van der Waals surface area contributed by atoms with Gasteiger partial charge in [0.05, 0.1) is 0 Å². The second-order valence-corrected chi connectivity index (χ2v) is 4.22. The van der Waals surface area contributed by atoms with E-state index in [9.17, 15) is 5.11 Å². The van der Waals surface area contributed by atoms with Gasteiger partial charge in [0.25, 0.3) is 0 Å².